The SMILES string of the molecule is CCc1cc(C=O)ccc1N(C)c1cc2c(cn1)ncn2C.[C-]#[N+]C1CN(Cc2ccc(N(C)c3cc4c(cn3)ncn4C)c(CC)c2)C1. The number of imidazole rings is 2. The van der Waals surface area contributed by atoms with E-state index in [2.05, 4.69) is 79.7 Å². The Morgan fingerprint density at radius 3 is 1.84 bits per heavy atom. The van der Waals surface area contributed by atoms with E-state index in [0.717, 1.165) is 83.7 Å². The maximum absolute atomic E-state index is 10.9. The van der Waals surface area contributed by atoms with Gasteiger partial charge in [0, 0.05) is 63.8 Å². The number of aryl methyl sites for hydroxylation is 4. The molecule has 0 amide bonds. The molecule has 4 aromatic heterocycles. The second kappa shape index (κ2) is 14.3. The summed E-state index contributed by atoms with van der Waals surface area (Å²) >= 11 is 0. The lowest BCUT2D eigenvalue weighted by molar-refractivity contribution is 0.112. The van der Waals surface area contributed by atoms with Gasteiger partial charge in [-0.3, -0.25) is 9.69 Å². The molecule has 49 heavy (non-hydrogen) atoms. The number of anilines is 4. The third-order valence-electron chi connectivity index (χ3n) is 9.28. The Labute approximate surface area is 287 Å². The average Bonchev–Trinajstić information content (AvgIpc) is 3.69. The summed E-state index contributed by atoms with van der Waals surface area (Å²) in [6.45, 7) is 14.1. The molecule has 0 atom stereocenters. The average molecular weight is 655 g/mol. The zero-order chi connectivity index (χ0) is 34.7. The fourth-order valence-corrected chi connectivity index (χ4v) is 6.30. The first-order valence-electron chi connectivity index (χ1n) is 16.5. The van der Waals surface area contributed by atoms with Gasteiger partial charge in [-0.1, -0.05) is 26.0 Å². The molecule has 1 aliphatic rings. The van der Waals surface area contributed by atoms with Gasteiger partial charge in [-0.05, 0) is 53.8 Å². The summed E-state index contributed by atoms with van der Waals surface area (Å²) in [6, 6.07) is 16.7. The monoisotopic (exact) mass is 654 g/mol. The van der Waals surface area contributed by atoms with E-state index >= 15 is 0 Å². The van der Waals surface area contributed by atoms with Crippen LogP contribution in [0.15, 0.2) is 73.6 Å². The van der Waals surface area contributed by atoms with Gasteiger partial charge >= 0.3 is 0 Å². The van der Waals surface area contributed by atoms with Crippen molar-refractivity contribution in [1.82, 2.24) is 34.0 Å². The van der Waals surface area contributed by atoms with Crippen molar-refractivity contribution in [2.24, 2.45) is 14.1 Å². The van der Waals surface area contributed by atoms with Crippen LogP contribution in [0.2, 0.25) is 0 Å². The Kier molecular flexibility index (Phi) is 9.69. The lowest BCUT2D eigenvalue weighted by Crippen LogP contribution is -2.48. The number of pyridine rings is 2. The molecule has 0 unspecified atom stereocenters. The van der Waals surface area contributed by atoms with Crippen molar-refractivity contribution in [2.75, 3.05) is 37.0 Å². The first-order chi connectivity index (χ1) is 23.7. The number of carbonyl (C=O) groups is 1. The minimum absolute atomic E-state index is 0.189. The Balaban J connectivity index is 0.000000174. The number of nitrogens with zero attached hydrogens (tertiary/aromatic N) is 10. The second-order valence-electron chi connectivity index (χ2n) is 12.5. The van der Waals surface area contributed by atoms with Gasteiger partial charge in [-0.15, -0.1) is 0 Å². The number of aromatic nitrogens is 6. The van der Waals surface area contributed by atoms with Crippen molar-refractivity contribution < 1.29 is 4.79 Å². The minimum Gasteiger partial charge on any atom is -0.334 e. The molecule has 1 aliphatic heterocycles. The smallest absolute Gasteiger partial charge is 0.248 e. The Morgan fingerprint density at radius 2 is 1.33 bits per heavy atom. The number of likely N-dealkylation sites (tertiary alicyclic amines) is 1. The summed E-state index contributed by atoms with van der Waals surface area (Å²) in [4.78, 5) is 38.8. The van der Waals surface area contributed by atoms with Crippen molar-refractivity contribution in [2.45, 2.75) is 39.3 Å². The van der Waals surface area contributed by atoms with Crippen LogP contribution in [0.4, 0.5) is 23.0 Å². The van der Waals surface area contributed by atoms with Crippen LogP contribution in [0, 0.1) is 6.57 Å². The van der Waals surface area contributed by atoms with E-state index in [1.807, 2.05) is 72.0 Å². The van der Waals surface area contributed by atoms with Gasteiger partial charge in [-0.25, -0.2) is 26.5 Å². The van der Waals surface area contributed by atoms with Gasteiger partial charge < -0.3 is 23.8 Å². The highest BCUT2D eigenvalue weighted by Gasteiger charge is 2.31. The zero-order valence-electron chi connectivity index (χ0n) is 29.0. The summed E-state index contributed by atoms with van der Waals surface area (Å²) in [5.74, 6) is 1.76. The van der Waals surface area contributed by atoms with E-state index in [1.54, 1.807) is 12.5 Å². The van der Waals surface area contributed by atoms with Gasteiger partial charge in [0.15, 0.2) is 0 Å². The van der Waals surface area contributed by atoms with Gasteiger partial charge in [0.05, 0.1) is 49.2 Å². The van der Waals surface area contributed by atoms with Gasteiger partial charge in [0.25, 0.3) is 0 Å². The van der Waals surface area contributed by atoms with Crippen molar-refractivity contribution in [3.8, 4) is 0 Å². The highest BCUT2D eigenvalue weighted by molar-refractivity contribution is 5.81. The van der Waals surface area contributed by atoms with E-state index in [9.17, 15) is 4.79 Å². The quantitative estimate of drug-likeness (QED) is 0.129. The van der Waals surface area contributed by atoms with Crippen LogP contribution in [0.25, 0.3) is 26.9 Å². The minimum atomic E-state index is 0.189. The molecule has 0 aliphatic carbocycles. The summed E-state index contributed by atoms with van der Waals surface area (Å²) in [5.41, 5.74) is 10.6. The van der Waals surface area contributed by atoms with E-state index < -0.39 is 0 Å². The molecular weight excluding hydrogens is 612 g/mol. The predicted octanol–water partition coefficient (Wildman–Crippen LogP) is 6.51. The fraction of sp³-hybridized carbons (Fsp3) is 0.316. The van der Waals surface area contributed by atoms with Gasteiger partial charge in [0.1, 0.15) is 29.0 Å². The van der Waals surface area contributed by atoms with Crippen molar-refractivity contribution in [3.05, 3.63) is 107 Å². The van der Waals surface area contributed by atoms with Crippen LogP contribution >= 0.6 is 0 Å². The number of aldehydes is 1. The molecule has 1 saturated heterocycles. The van der Waals surface area contributed by atoms with Crippen molar-refractivity contribution in [3.63, 3.8) is 0 Å². The highest BCUT2D eigenvalue weighted by atomic mass is 16.1. The van der Waals surface area contributed by atoms with Crippen LogP contribution in [0.3, 0.4) is 0 Å². The molecule has 0 N–H and O–H groups in total. The number of rotatable bonds is 9. The van der Waals surface area contributed by atoms with Crippen LogP contribution in [0.1, 0.15) is 40.9 Å². The molecule has 0 radical (unpaired) electrons. The predicted molar refractivity (Wildman–Crippen MR) is 196 cm³/mol. The molecule has 0 spiro atoms. The van der Waals surface area contributed by atoms with E-state index in [4.69, 9.17) is 6.57 Å². The third-order valence-corrected chi connectivity index (χ3v) is 9.28. The fourth-order valence-electron chi connectivity index (χ4n) is 6.30. The third kappa shape index (κ3) is 6.87. The molecular formula is C38H42N10O. The van der Waals surface area contributed by atoms with Crippen LogP contribution in [-0.4, -0.2) is 73.5 Å². The lowest BCUT2D eigenvalue weighted by atomic mass is 10.0. The Hall–Kier alpha value is -5.60. The van der Waals surface area contributed by atoms with E-state index in [-0.39, 0.29) is 6.04 Å². The molecule has 7 rings (SSSR count). The number of hydrogen-bond donors (Lipinski definition) is 0. The second-order valence-corrected chi connectivity index (χ2v) is 12.5. The Morgan fingerprint density at radius 1 is 0.796 bits per heavy atom. The first-order valence-corrected chi connectivity index (χ1v) is 16.5. The number of hydrogen-bond acceptors (Lipinski definition) is 8. The van der Waals surface area contributed by atoms with Crippen molar-refractivity contribution in [1.29, 1.82) is 0 Å². The summed E-state index contributed by atoms with van der Waals surface area (Å²) in [7, 11) is 8.02. The summed E-state index contributed by atoms with van der Waals surface area (Å²) in [6.07, 6.45) is 9.92. The first kappa shape index (κ1) is 33.3. The molecule has 0 bridgehead atoms. The highest BCUT2D eigenvalue weighted by Crippen LogP contribution is 2.30. The molecule has 11 nitrogen and oxygen atoms in total. The van der Waals surface area contributed by atoms with E-state index in [0.29, 0.717) is 5.56 Å². The normalized spacial score (nSPS) is 13.1. The molecule has 1 fully saturated rings. The molecule has 0 saturated carbocycles. The molecule has 6 aromatic rings. The number of carbonyl (C=O) groups excluding carboxylic acids is 1. The molecule has 11 heteroatoms. The maximum atomic E-state index is 10.9. The Bertz CT molecular complexity index is 2150. The van der Waals surface area contributed by atoms with Crippen molar-refractivity contribution >= 4 is 51.4 Å². The summed E-state index contributed by atoms with van der Waals surface area (Å²) < 4.78 is 3.99. The topological polar surface area (TPSA) is 92.6 Å². The van der Waals surface area contributed by atoms with Gasteiger partial charge in [0.2, 0.25) is 6.04 Å². The van der Waals surface area contributed by atoms with Crippen LogP contribution < -0.4 is 9.80 Å². The van der Waals surface area contributed by atoms with E-state index in [1.165, 1.54) is 16.8 Å². The molecule has 5 heterocycles. The van der Waals surface area contributed by atoms with Gasteiger partial charge in [-0.2, -0.15) is 0 Å². The van der Waals surface area contributed by atoms with Crippen LogP contribution in [0.5, 0.6) is 0 Å². The lowest BCUT2D eigenvalue weighted by Gasteiger charge is -2.32. The number of fused-ring (bicyclic) bond motifs is 2. The molecule has 2 aromatic carbocycles. The number of benzene rings is 2. The van der Waals surface area contributed by atoms with Crippen LogP contribution in [-0.2, 0) is 33.5 Å². The largest absolute Gasteiger partial charge is 0.334 e. The standard InChI is InChI=1S/C21H24N6.C17H18N4O/c1-5-16-8-15(11-27-12-17(13-27)22-2)6-7-19(16)26(4)21-9-20-18(10-23-21)24-14-25(20)3;1-4-13-7-12(10-22)5-6-15(13)21(3)17-8-16-14(9-18-17)19-11-20(16)2/h6-10,14,17H,5,11-13H2,1,3-4H3;5-11H,4H2,1-3H3. The molecule has 250 valence electrons. The zero-order valence-corrected chi connectivity index (χ0v) is 29.0. The maximum Gasteiger partial charge on any atom is 0.248 e. The summed E-state index contributed by atoms with van der Waals surface area (Å²) in [5, 5.41) is 0.